The molecule has 1 rings (SSSR count). The molecule has 0 bridgehead atoms. The number of hydrogen-bond donors (Lipinski definition) is 0. The number of alkyl halides is 1. The normalized spacial score (nSPS) is 10.9. The molecule has 0 saturated heterocycles. The molecule has 0 aliphatic heterocycles. The van der Waals surface area contributed by atoms with Crippen molar-refractivity contribution in [3.8, 4) is 0 Å². The van der Waals surface area contributed by atoms with E-state index in [1.807, 2.05) is 18.2 Å². The van der Waals surface area contributed by atoms with Gasteiger partial charge in [0.25, 0.3) is 0 Å². The fraction of sp³-hybridized carbons (Fsp3) is 0.200. The van der Waals surface area contributed by atoms with Crippen molar-refractivity contribution >= 4 is 33.6 Å². The highest BCUT2D eigenvalue weighted by atomic mass is 79.9. The predicted molar refractivity (Wildman–Crippen MR) is 59.0 cm³/mol. The van der Waals surface area contributed by atoms with Crippen LogP contribution in [0.15, 0.2) is 24.3 Å². The first-order valence-corrected chi connectivity index (χ1v) is 5.22. The summed E-state index contributed by atoms with van der Waals surface area (Å²) in [6, 6.07) is 5.90. The van der Waals surface area contributed by atoms with Gasteiger partial charge in [-0.2, -0.15) is 0 Å². The molecule has 0 heterocycles. The first-order chi connectivity index (χ1) is 5.74. The minimum Gasteiger partial charge on any atom is -0.0883 e. The van der Waals surface area contributed by atoms with Crippen LogP contribution in [0.2, 0.25) is 5.02 Å². The van der Waals surface area contributed by atoms with E-state index in [4.69, 9.17) is 11.6 Å². The van der Waals surface area contributed by atoms with Crippen molar-refractivity contribution in [1.29, 1.82) is 0 Å². The molecule has 12 heavy (non-hydrogen) atoms. The van der Waals surface area contributed by atoms with Gasteiger partial charge in [0.15, 0.2) is 0 Å². The molecule has 0 spiro atoms. The van der Waals surface area contributed by atoms with Crippen LogP contribution in [0.3, 0.4) is 0 Å². The van der Waals surface area contributed by atoms with Crippen molar-refractivity contribution in [1.82, 2.24) is 0 Å². The standard InChI is InChI=1S/C10H10BrCl/c1-8-4-5-10(12)7-9(8)3-2-6-11/h2-5,7H,6H2,1H3. The van der Waals surface area contributed by atoms with E-state index in [0.717, 1.165) is 10.4 Å². The number of halogens is 2. The van der Waals surface area contributed by atoms with Crippen LogP contribution < -0.4 is 0 Å². The molecule has 0 saturated carbocycles. The summed E-state index contributed by atoms with van der Waals surface area (Å²) in [6.45, 7) is 2.07. The highest BCUT2D eigenvalue weighted by Crippen LogP contribution is 2.16. The van der Waals surface area contributed by atoms with Crippen molar-refractivity contribution in [2.75, 3.05) is 5.33 Å². The van der Waals surface area contributed by atoms with Crippen LogP contribution in [0, 0.1) is 6.92 Å². The van der Waals surface area contributed by atoms with Crippen LogP contribution in [0.1, 0.15) is 11.1 Å². The Hall–Kier alpha value is -0.270. The van der Waals surface area contributed by atoms with Crippen LogP contribution in [0.5, 0.6) is 0 Å². The quantitative estimate of drug-likeness (QED) is 0.690. The lowest BCUT2D eigenvalue weighted by Crippen LogP contribution is -1.79. The third kappa shape index (κ3) is 2.65. The van der Waals surface area contributed by atoms with Gasteiger partial charge in [-0.3, -0.25) is 0 Å². The van der Waals surface area contributed by atoms with Crippen LogP contribution in [-0.2, 0) is 0 Å². The van der Waals surface area contributed by atoms with Gasteiger partial charge in [0.1, 0.15) is 0 Å². The number of allylic oxidation sites excluding steroid dienone is 1. The van der Waals surface area contributed by atoms with Gasteiger partial charge in [-0.15, -0.1) is 0 Å². The topological polar surface area (TPSA) is 0 Å². The van der Waals surface area contributed by atoms with E-state index in [9.17, 15) is 0 Å². The maximum absolute atomic E-state index is 5.85. The molecule has 0 unspecified atom stereocenters. The Morgan fingerprint density at radius 3 is 2.92 bits per heavy atom. The second-order valence-corrected chi connectivity index (χ2v) is 3.64. The average Bonchev–Trinajstić information content (AvgIpc) is 2.07. The zero-order chi connectivity index (χ0) is 8.97. The summed E-state index contributed by atoms with van der Waals surface area (Å²) >= 11 is 9.18. The Balaban J connectivity index is 2.97. The summed E-state index contributed by atoms with van der Waals surface area (Å²) < 4.78 is 0. The average molecular weight is 246 g/mol. The summed E-state index contributed by atoms with van der Waals surface area (Å²) in [6.07, 6.45) is 4.12. The molecule has 0 N–H and O–H groups in total. The van der Waals surface area contributed by atoms with E-state index in [0.29, 0.717) is 0 Å². The maximum atomic E-state index is 5.85. The molecule has 0 amide bonds. The number of benzene rings is 1. The number of aryl methyl sites for hydroxylation is 1. The second-order valence-electron chi connectivity index (χ2n) is 2.56. The summed E-state index contributed by atoms with van der Waals surface area (Å²) in [5.41, 5.74) is 2.43. The first kappa shape index (κ1) is 9.82. The lowest BCUT2D eigenvalue weighted by atomic mass is 10.1. The largest absolute Gasteiger partial charge is 0.0883 e. The van der Waals surface area contributed by atoms with Crippen LogP contribution in [-0.4, -0.2) is 5.33 Å². The molecule has 0 aromatic heterocycles. The maximum Gasteiger partial charge on any atom is 0.0412 e. The molecule has 1 aromatic rings. The molecule has 0 aliphatic rings. The predicted octanol–water partition coefficient (Wildman–Crippen LogP) is 4.06. The molecular weight excluding hydrogens is 235 g/mol. The minimum absolute atomic E-state index is 0.787. The molecule has 1 aromatic carbocycles. The van der Waals surface area contributed by atoms with E-state index in [-0.39, 0.29) is 0 Å². The van der Waals surface area contributed by atoms with Gasteiger partial charge in [-0.1, -0.05) is 45.7 Å². The molecule has 64 valence electrons. The van der Waals surface area contributed by atoms with E-state index < -0.39 is 0 Å². The SMILES string of the molecule is Cc1ccc(Cl)cc1C=CCBr. The summed E-state index contributed by atoms with van der Waals surface area (Å²) in [5.74, 6) is 0. The van der Waals surface area contributed by atoms with Gasteiger partial charge in [0, 0.05) is 10.4 Å². The molecule has 0 nitrogen and oxygen atoms in total. The fourth-order valence-electron chi connectivity index (χ4n) is 0.962. The van der Waals surface area contributed by atoms with Gasteiger partial charge >= 0.3 is 0 Å². The fourth-order valence-corrected chi connectivity index (χ4v) is 1.33. The molecular formula is C10H10BrCl. The second kappa shape index (κ2) is 4.68. The lowest BCUT2D eigenvalue weighted by molar-refractivity contribution is 1.44. The first-order valence-electron chi connectivity index (χ1n) is 3.72. The summed E-state index contributed by atoms with van der Waals surface area (Å²) in [4.78, 5) is 0. The molecule has 0 fully saturated rings. The number of rotatable bonds is 2. The van der Waals surface area contributed by atoms with Gasteiger partial charge in [-0.05, 0) is 30.2 Å². The molecule has 0 aliphatic carbocycles. The van der Waals surface area contributed by atoms with E-state index in [2.05, 4.69) is 35.0 Å². The Labute approximate surface area is 86.4 Å². The van der Waals surface area contributed by atoms with Crippen LogP contribution in [0.4, 0.5) is 0 Å². The van der Waals surface area contributed by atoms with Crippen LogP contribution in [0.25, 0.3) is 6.08 Å². The van der Waals surface area contributed by atoms with Crippen molar-refractivity contribution in [3.05, 3.63) is 40.4 Å². The van der Waals surface area contributed by atoms with E-state index in [1.165, 1.54) is 11.1 Å². The molecule has 0 atom stereocenters. The van der Waals surface area contributed by atoms with Crippen LogP contribution >= 0.6 is 27.5 Å². The Kier molecular flexibility index (Phi) is 3.83. The van der Waals surface area contributed by atoms with Gasteiger partial charge < -0.3 is 0 Å². The van der Waals surface area contributed by atoms with E-state index in [1.54, 1.807) is 0 Å². The van der Waals surface area contributed by atoms with Gasteiger partial charge in [0.05, 0.1) is 0 Å². The van der Waals surface area contributed by atoms with Gasteiger partial charge in [-0.25, -0.2) is 0 Å². The Bertz CT molecular complexity index is 292. The lowest BCUT2D eigenvalue weighted by Gasteiger charge is -1.99. The molecule has 2 heteroatoms. The van der Waals surface area contributed by atoms with E-state index >= 15 is 0 Å². The molecule has 0 radical (unpaired) electrons. The Morgan fingerprint density at radius 1 is 1.50 bits per heavy atom. The minimum atomic E-state index is 0.787. The Morgan fingerprint density at radius 2 is 2.25 bits per heavy atom. The third-order valence-corrected chi connectivity index (χ3v) is 2.24. The van der Waals surface area contributed by atoms with Crippen molar-refractivity contribution in [3.63, 3.8) is 0 Å². The third-order valence-electron chi connectivity index (χ3n) is 1.63. The highest BCUT2D eigenvalue weighted by Gasteiger charge is 1.94. The zero-order valence-corrected chi connectivity index (χ0v) is 9.19. The zero-order valence-electron chi connectivity index (χ0n) is 6.85. The van der Waals surface area contributed by atoms with Crippen molar-refractivity contribution < 1.29 is 0 Å². The smallest absolute Gasteiger partial charge is 0.0412 e. The highest BCUT2D eigenvalue weighted by molar-refractivity contribution is 9.09. The van der Waals surface area contributed by atoms with Crippen molar-refractivity contribution in [2.45, 2.75) is 6.92 Å². The van der Waals surface area contributed by atoms with Crippen molar-refractivity contribution in [2.24, 2.45) is 0 Å². The summed E-state index contributed by atoms with van der Waals surface area (Å²) in [5, 5.41) is 1.66. The summed E-state index contributed by atoms with van der Waals surface area (Å²) in [7, 11) is 0. The monoisotopic (exact) mass is 244 g/mol. The number of hydrogen-bond acceptors (Lipinski definition) is 0. The van der Waals surface area contributed by atoms with Gasteiger partial charge in [0.2, 0.25) is 0 Å².